The predicted molar refractivity (Wildman–Crippen MR) is 95.0 cm³/mol. The highest BCUT2D eigenvalue weighted by Gasteiger charge is 2.17. The van der Waals surface area contributed by atoms with Crippen LogP contribution in [0, 0.1) is 18.6 Å². The fourth-order valence-corrected chi connectivity index (χ4v) is 3.07. The van der Waals surface area contributed by atoms with E-state index in [1.165, 1.54) is 30.3 Å². The molecule has 0 spiro atoms. The van der Waals surface area contributed by atoms with Crippen molar-refractivity contribution in [3.05, 3.63) is 76.2 Å². The summed E-state index contributed by atoms with van der Waals surface area (Å²) in [5.74, 6) is -1.83. The lowest BCUT2D eigenvalue weighted by molar-refractivity contribution is 0.438. The van der Waals surface area contributed by atoms with Crippen molar-refractivity contribution in [2.45, 2.75) is 11.8 Å². The second-order valence-corrected chi connectivity index (χ2v) is 7.30. The number of aromatic amines is 1. The summed E-state index contributed by atoms with van der Waals surface area (Å²) in [5.41, 5.74) is 0.820. The van der Waals surface area contributed by atoms with Gasteiger partial charge in [-0.2, -0.15) is 0 Å². The van der Waals surface area contributed by atoms with Gasteiger partial charge in [-0.3, -0.25) is 4.79 Å². The van der Waals surface area contributed by atoms with Crippen LogP contribution in [0.3, 0.4) is 0 Å². The summed E-state index contributed by atoms with van der Waals surface area (Å²) in [6.07, 6.45) is 0. The van der Waals surface area contributed by atoms with Crippen LogP contribution in [0.25, 0.3) is 11.1 Å². The average Bonchev–Trinajstić information content (AvgIpc) is 2.57. The summed E-state index contributed by atoms with van der Waals surface area (Å²) in [6, 6.07) is 9.31. The number of hydrogen-bond acceptors (Lipinski definition) is 4. The Balaban J connectivity index is 2.19. The zero-order valence-electron chi connectivity index (χ0n) is 14.0. The number of nitrogens with one attached hydrogen (secondary N) is 1. The highest BCUT2D eigenvalue weighted by molar-refractivity contribution is 7.89. The van der Waals surface area contributed by atoms with E-state index < -0.39 is 21.7 Å². The second-order valence-electron chi connectivity index (χ2n) is 5.74. The molecule has 0 saturated carbocycles. The maximum atomic E-state index is 13.9. The SMILES string of the molecule is Cc1[nH]c(=O)ccc1-c1cc(S(N)(=O)=O)ccc1Oc1ccc(F)cc1F. The van der Waals surface area contributed by atoms with Crippen LogP contribution in [0.1, 0.15) is 5.69 Å². The number of hydrogen-bond donors (Lipinski definition) is 2. The molecule has 0 saturated heterocycles. The Morgan fingerprint density at radius 3 is 2.30 bits per heavy atom. The number of halogens is 2. The van der Waals surface area contributed by atoms with Crippen LogP contribution >= 0.6 is 0 Å². The van der Waals surface area contributed by atoms with Crippen molar-refractivity contribution in [3.8, 4) is 22.6 Å². The molecule has 0 aliphatic carbocycles. The minimum atomic E-state index is -4.01. The summed E-state index contributed by atoms with van der Waals surface area (Å²) in [4.78, 5) is 13.9. The van der Waals surface area contributed by atoms with Gasteiger partial charge in [0.1, 0.15) is 11.6 Å². The van der Waals surface area contributed by atoms with Crippen molar-refractivity contribution in [1.82, 2.24) is 4.98 Å². The van der Waals surface area contributed by atoms with Crippen molar-refractivity contribution >= 4 is 10.0 Å². The zero-order valence-corrected chi connectivity index (χ0v) is 14.8. The van der Waals surface area contributed by atoms with Crippen molar-refractivity contribution < 1.29 is 21.9 Å². The minimum absolute atomic E-state index is 0.100. The number of nitrogens with two attached hydrogens (primary N) is 1. The number of aromatic nitrogens is 1. The zero-order chi connectivity index (χ0) is 19.8. The third kappa shape index (κ3) is 4.04. The second kappa shape index (κ2) is 6.93. The first-order valence-corrected chi connectivity index (χ1v) is 9.20. The lowest BCUT2D eigenvalue weighted by atomic mass is 10.0. The van der Waals surface area contributed by atoms with E-state index >= 15 is 0 Å². The van der Waals surface area contributed by atoms with Gasteiger partial charge in [0, 0.05) is 29.0 Å². The number of primary sulfonamides is 1. The first-order valence-electron chi connectivity index (χ1n) is 7.65. The largest absolute Gasteiger partial charge is 0.454 e. The van der Waals surface area contributed by atoms with Gasteiger partial charge in [-0.05, 0) is 43.3 Å². The molecule has 0 atom stereocenters. The van der Waals surface area contributed by atoms with Gasteiger partial charge >= 0.3 is 0 Å². The number of benzene rings is 2. The summed E-state index contributed by atoms with van der Waals surface area (Å²) >= 11 is 0. The molecule has 3 aromatic rings. The van der Waals surface area contributed by atoms with Gasteiger partial charge in [0.2, 0.25) is 15.6 Å². The smallest absolute Gasteiger partial charge is 0.248 e. The van der Waals surface area contributed by atoms with E-state index in [1.807, 2.05) is 0 Å². The molecule has 0 amide bonds. The first kappa shape index (κ1) is 18.7. The van der Waals surface area contributed by atoms with Crippen molar-refractivity contribution in [3.63, 3.8) is 0 Å². The van der Waals surface area contributed by atoms with Crippen LogP contribution in [0.15, 0.2) is 58.2 Å². The van der Waals surface area contributed by atoms with Crippen LogP contribution in [0.2, 0.25) is 0 Å². The Bertz CT molecular complexity index is 1190. The first-order chi connectivity index (χ1) is 12.6. The summed E-state index contributed by atoms with van der Waals surface area (Å²) in [6.45, 7) is 1.61. The van der Waals surface area contributed by atoms with Crippen LogP contribution < -0.4 is 15.4 Å². The minimum Gasteiger partial charge on any atom is -0.454 e. The molecular weight excluding hydrogens is 378 g/mol. The molecule has 2 aromatic carbocycles. The molecule has 0 bridgehead atoms. The molecule has 6 nitrogen and oxygen atoms in total. The maximum Gasteiger partial charge on any atom is 0.248 e. The number of sulfonamides is 1. The summed E-state index contributed by atoms with van der Waals surface area (Å²) in [7, 11) is -4.01. The molecule has 9 heteroatoms. The number of pyridine rings is 1. The molecule has 140 valence electrons. The average molecular weight is 392 g/mol. The number of ether oxygens (including phenoxy) is 1. The molecule has 1 heterocycles. The van der Waals surface area contributed by atoms with Gasteiger partial charge in [0.15, 0.2) is 11.6 Å². The van der Waals surface area contributed by atoms with Gasteiger partial charge < -0.3 is 9.72 Å². The molecule has 0 unspecified atom stereocenters. The fraction of sp³-hybridized carbons (Fsp3) is 0.0556. The summed E-state index contributed by atoms with van der Waals surface area (Å²) < 4.78 is 56.0. The lowest BCUT2D eigenvalue weighted by Gasteiger charge is -2.14. The maximum absolute atomic E-state index is 13.9. The molecule has 0 radical (unpaired) electrons. The standard InChI is InChI=1S/C18H14F2N2O4S/c1-10-13(4-7-18(23)22-10)14-9-12(27(21,24)25)3-6-16(14)26-17-5-2-11(19)8-15(17)20/h2-9H,1H3,(H,22,23)(H2,21,24,25). The van der Waals surface area contributed by atoms with Gasteiger partial charge in [0.25, 0.3) is 0 Å². The highest BCUT2D eigenvalue weighted by atomic mass is 32.2. The Labute approximate surface area is 153 Å². The number of H-pyrrole nitrogens is 1. The van der Waals surface area contributed by atoms with Crippen LogP contribution in [0.4, 0.5) is 8.78 Å². The van der Waals surface area contributed by atoms with E-state index in [2.05, 4.69) is 4.98 Å². The Morgan fingerprint density at radius 2 is 1.67 bits per heavy atom. The summed E-state index contributed by atoms with van der Waals surface area (Å²) in [5, 5.41) is 5.18. The van der Waals surface area contributed by atoms with Crippen molar-refractivity contribution in [1.29, 1.82) is 0 Å². The van der Waals surface area contributed by atoms with Crippen LogP contribution in [-0.4, -0.2) is 13.4 Å². The van der Waals surface area contributed by atoms with Crippen LogP contribution in [0.5, 0.6) is 11.5 Å². The fourth-order valence-electron chi connectivity index (χ4n) is 2.53. The van der Waals surface area contributed by atoms with Crippen molar-refractivity contribution in [2.24, 2.45) is 5.14 Å². The Kier molecular flexibility index (Phi) is 4.81. The molecule has 3 N–H and O–H groups in total. The third-order valence-corrected chi connectivity index (χ3v) is 4.71. The van der Waals surface area contributed by atoms with Gasteiger partial charge in [-0.1, -0.05) is 0 Å². The van der Waals surface area contributed by atoms with E-state index in [9.17, 15) is 22.0 Å². The normalized spacial score (nSPS) is 11.4. The molecule has 0 fully saturated rings. The van der Waals surface area contributed by atoms with Crippen molar-refractivity contribution in [2.75, 3.05) is 0 Å². The van der Waals surface area contributed by atoms with E-state index in [-0.39, 0.29) is 27.5 Å². The predicted octanol–water partition coefficient (Wildman–Crippen LogP) is 3.07. The van der Waals surface area contributed by atoms with E-state index in [0.29, 0.717) is 17.3 Å². The number of aryl methyl sites for hydroxylation is 1. The number of rotatable bonds is 4. The topological polar surface area (TPSA) is 102 Å². The quantitative estimate of drug-likeness (QED) is 0.712. The van der Waals surface area contributed by atoms with E-state index in [1.54, 1.807) is 6.92 Å². The van der Waals surface area contributed by atoms with E-state index in [4.69, 9.17) is 9.88 Å². The monoisotopic (exact) mass is 392 g/mol. The Hall–Kier alpha value is -3.04. The molecule has 3 rings (SSSR count). The molecule has 0 aliphatic heterocycles. The Morgan fingerprint density at radius 1 is 0.963 bits per heavy atom. The molecule has 0 aliphatic rings. The van der Waals surface area contributed by atoms with Crippen LogP contribution in [-0.2, 0) is 10.0 Å². The highest BCUT2D eigenvalue weighted by Crippen LogP contribution is 2.36. The third-order valence-electron chi connectivity index (χ3n) is 3.80. The lowest BCUT2D eigenvalue weighted by Crippen LogP contribution is -2.12. The van der Waals surface area contributed by atoms with E-state index in [0.717, 1.165) is 12.1 Å². The van der Waals surface area contributed by atoms with Gasteiger partial charge in [-0.25, -0.2) is 22.3 Å². The molecular formula is C18H14F2N2O4S. The molecule has 1 aromatic heterocycles. The van der Waals surface area contributed by atoms with Gasteiger partial charge in [0.05, 0.1) is 4.90 Å². The van der Waals surface area contributed by atoms with Gasteiger partial charge in [-0.15, -0.1) is 0 Å². The molecule has 27 heavy (non-hydrogen) atoms.